The van der Waals surface area contributed by atoms with Crippen LogP contribution in [0.1, 0.15) is 27.2 Å². The summed E-state index contributed by atoms with van der Waals surface area (Å²) in [6, 6.07) is 0. The molecule has 0 aromatic carbocycles. The van der Waals surface area contributed by atoms with E-state index in [2.05, 4.69) is 27.9 Å². The number of nitrogens with one attached hydrogen (secondary N) is 3. The molecule has 1 amide bonds. The molecular formula is C11H24N4O. The first-order chi connectivity index (χ1) is 7.61. The van der Waals surface area contributed by atoms with Gasteiger partial charge in [0.25, 0.3) is 0 Å². The molecule has 0 fully saturated rings. The molecule has 0 aliphatic carbocycles. The number of aliphatic imine (C=N–C) groups is 1. The molecule has 16 heavy (non-hydrogen) atoms. The van der Waals surface area contributed by atoms with E-state index in [0.717, 1.165) is 18.9 Å². The zero-order valence-electron chi connectivity index (χ0n) is 10.8. The second-order valence-corrected chi connectivity index (χ2v) is 3.87. The second-order valence-electron chi connectivity index (χ2n) is 3.87. The number of hydrogen-bond acceptors (Lipinski definition) is 2. The van der Waals surface area contributed by atoms with Gasteiger partial charge in [0.15, 0.2) is 5.96 Å². The minimum absolute atomic E-state index is 0.0394. The van der Waals surface area contributed by atoms with Crippen LogP contribution >= 0.6 is 0 Å². The molecular weight excluding hydrogens is 204 g/mol. The summed E-state index contributed by atoms with van der Waals surface area (Å²) < 4.78 is 0. The van der Waals surface area contributed by atoms with Crippen molar-refractivity contribution < 1.29 is 4.79 Å². The van der Waals surface area contributed by atoms with Gasteiger partial charge < -0.3 is 16.0 Å². The predicted octanol–water partition coefficient (Wildman–Crippen LogP) is 0.334. The fourth-order valence-electron chi connectivity index (χ4n) is 1.03. The Bertz CT molecular complexity index is 226. The van der Waals surface area contributed by atoms with Crippen molar-refractivity contribution in [3.63, 3.8) is 0 Å². The van der Waals surface area contributed by atoms with Crippen molar-refractivity contribution >= 4 is 11.9 Å². The fourth-order valence-corrected chi connectivity index (χ4v) is 1.03. The Kier molecular flexibility index (Phi) is 8.29. The van der Waals surface area contributed by atoms with Crippen molar-refractivity contribution in [3.05, 3.63) is 0 Å². The van der Waals surface area contributed by atoms with Crippen molar-refractivity contribution in [1.29, 1.82) is 0 Å². The SMILES string of the molecule is CCCNC(=NC)NCCNC(=O)C(C)C. The summed E-state index contributed by atoms with van der Waals surface area (Å²) in [6.07, 6.45) is 1.06. The molecule has 94 valence electrons. The summed E-state index contributed by atoms with van der Waals surface area (Å²) >= 11 is 0. The van der Waals surface area contributed by atoms with Gasteiger partial charge in [-0.2, -0.15) is 0 Å². The Morgan fingerprint density at radius 1 is 1.12 bits per heavy atom. The molecule has 0 unspecified atom stereocenters. The summed E-state index contributed by atoms with van der Waals surface area (Å²) in [5, 5.41) is 9.11. The van der Waals surface area contributed by atoms with E-state index < -0.39 is 0 Å². The first kappa shape index (κ1) is 14.7. The first-order valence-corrected chi connectivity index (χ1v) is 5.84. The fraction of sp³-hybridized carbons (Fsp3) is 0.818. The minimum atomic E-state index is 0.0394. The molecule has 0 aliphatic rings. The van der Waals surface area contributed by atoms with Crippen LogP contribution in [0.25, 0.3) is 0 Å². The van der Waals surface area contributed by atoms with Gasteiger partial charge in [0.2, 0.25) is 5.91 Å². The lowest BCUT2D eigenvalue weighted by Gasteiger charge is -2.12. The average Bonchev–Trinajstić information content (AvgIpc) is 2.27. The highest BCUT2D eigenvalue weighted by atomic mass is 16.1. The number of rotatable bonds is 6. The summed E-state index contributed by atoms with van der Waals surface area (Å²) in [7, 11) is 1.73. The van der Waals surface area contributed by atoms with Gasteiger partial charge in [-0.25, -0.2) is 0 Å². The third-order valence-corrected chi connectivity index (χ3v) is 2.01. The normalized spacial score (nSPS) is 11.4. The molecule has 0 rings (SSSR count). The van der Waals surface area contributed by atoms with Crippen LogP contribution in [0.2, 0.25) is 0 Å². The van der Waals surface area contributed by atoms with Crippen LogP contribution in [0.5, 0.6) is 0 Å². The average molecular weight is 228 g/mol. The van der Waals surface area contributed by atoms with Gasteiger partial charge in [0, 0.05) is 32.6 Å². The predicted molar refractivity (Wildman–Crippen MR) is 67.5 cm³/mol. The van der Waals surface area contributed by atoms with E-state index in [1.54, 1.807) is 7.05 Å². The van der Waals surface area contributed by atoms with E-state index in [0.29, 0.717) is 13.1 Å². The lowest BCUT2D eigenvalue weighted by Crippen LogP contribution is -2.42. The van der Waals surface area contributed by atoms with E-state index in [1.165, 1.54) is 0 Å². The second kappa shape index (κ2) is 9.00. The third kappa shape index (κ3) is 7.09. The molecule has 0 bridgehead atoms. The van der Waals surface area contributed by atoms with Crippen molar-refractivity contribution in [2.24, 2.45) is 10.9 Å². The van der Waals surface area contributed by atoms with Gasteiger partial charge in [0.05, 0.1) is 0 Å². The lowest BCUT2D eigenvalue weighted by molar-refractivity contribution is -0.123. The first-order valence-electron chi connectivity index (χ1n) is 5.84. The highest BCUT2D eigenvalue weighted by molar-refractivity contribution is 5.80. The van der Waals surface area contributed by atoms with Crippen molar-refractivity contribution in [3.8, 4) is 0 Å². The lowest BCUT2D eigenvalue weighted by atomic mass is 10.2. The van der Waals surface area contributed by atoms with Crippen molar-refractivity contribution in [2.75, 3.05) is 26.7 Å². The quantitative estimate of drug-likeness (QED) is 0.349. The van der Waals surface area contributed by atoms with Gasteiger partial charge in [-0.15, -0.1) is 0 Å². The largest absolute Gasteiger partial charge is 0.356 e. The Morgan fingerprint density at radius 3 is 2.19 bits per heavy atom. The van der Waals surface area contributed by atoms with Gasteiger partial charge in [0.1, 0.15) is 0 Å². The van der Waals surface area contributed by atoms with E-state index in [9.17, 15) is 4.79 Å². The van der Waals surface area contributed by atoms with E-state index in [-0.39, 0.29) is 11.8 Å². The zero-order valence-corrected chi connectivity index (χ0v) is 10.8. The van der Waals surface area contributed by atoms with E-state index in [1.807, 2.05) is 13.8 Å². The topological polar surface area (TPSA) is 65.5 Å². The van der Waals surface area contributed by atoms with Crippen LogP contribution < -0.4 is 16.0 Å². The molecule has 0 aliphatic heterocycles. The maximum atomic E-state index is 11.2. The van der Waals surface area contributed by atoms with E-state index >= 15 is 0 Å². The maximum Gasteiger partial charge on any atom is 0.222 e. The Labute approximate surface area is 98.1 Å². The highest BCUT2D eigenvalue weighted by Crippen LogP contribution is 1.88. The van der Waals surface area contributed by atoms with Crippen molar-refractivity contribution in [2.45, 2.75) is 27.2 Å². The number of carbonyl (C=O) groups excluding carboxylic acids is 1. The number of carbonyl (C=O) groups is 1. The molecule has 0 saturated heterocycles. The van der Waals surface area contributed by atoms with Crippen LogP contribution in [-0.4, -0.2) is 38.5 Å². The summed E-state index contributed by atoms with van der Waals surface area (Å²) in [5.74, 6) is 0.900. The smallest absolute Gasteiger partial charge is 0.222 e. The summed E-state index contributed by atoms with van der Waals surface area (Å²) in [4.78, 5) is 15.3. The van der Waals surface area contributed by atoms with Crippen LogP contribution in [-0.2, 0) is 4.79 Å². The Balaban J connectivity index is 3.60. The van der Waals surface area contributed by atoms with Crippen LogP contribution in [0, 0.1) is 5.92 Å². The summed E-state index contributed by atoms with van der Waals surface area (Å²) in [5.41, 5.74) is 0. The Hall–Kier alpha value is -1.26. The molecule has 5 nitrogen and oxygen atoms in total. The molecule has 5 heteroatoms. The number of nitrogens with zero attached hydrogens (tertiary/aromatic N) is 1. The minimum Gasteiger partial charge on any atom is -0.356 e. The maximum absolute atomic E-state index is 11.2. The monoisotopic (exact) mass is 228 g/mol. The molecule has 0 aromatic rings. The van der Waals surface area contributed by atoms with Crippen LogP contribution in [0.15, 0.2) is 4.99 Å². The Morgan fingerprint density at radius 2 is 1.69 bits per heavy atom. The number of guanidine groups is 1. The van der Waals surface area contributed by atoms with Crippen molar-refractivity contribution in [1.82, 2.24) is 16.0 Å². The molecule has 0 radical (unpaired) electrons. The van der Waals surface area contributed by atoms with Crippen LogP contribution in [0.4, 0.5) is 0 Å². The van der Waals surface area contributed by atoms with Gasteiger partial charge in [-0.05, 0) is 6.42 Å². The third-order valence-electron chi connectivity index (χ3n) is 2.01. The summed E-state index contributed by atoms with van der Waals surface area (Å²) in [6.45, 7) is 8.06. The molecule has 0 aromatic heterocycles. The van der Waals surface area contributed by atoms with Gasteiger partial charge in [-0.3, -0.25) is 9.79 Å². The zero-order chi connectivity index (χ0) is 12.4. The van der Waals surface area contributed by atoms with Crippen LogP contribution in [0.3, 0.4) is 0 Å². The molecule has 3 N–H and O–H groups in total. The highest BCUT2D eigenvalue weighted by Gasteiger charge is 2.04. The standard InChI is InChI=1S/C11H24N4O/c1-5-6-14-11(12-4)15-8-7-13-10(16)9(2)3/h9H,5-8H2,1-4H3,(H,13,16)(H2,12,14,15). The number of amides is 1. The molecule has 0 saturated carbocycles. The molecule has 0 atom stereocenters. The molecule has 0 spiro atoms. The molecule has 0 heterocycles. The van der Waals surface area contributed by atoms with E-state index in [4.69, 9.17) is 0 Å². The van der Waals surface area contributed by atoms with Gasteiger partial charge in [-0.1, -0.05) is 20.8 Å². The number of hydrogen-bond donors (Lipinski definition) is 3. The van der Waals surface area contributed by atoms with Gasteiger partial charge >= 0.3 is 0 Å².